The SMILES string of the molecule is COC(=O)C1CCC(c2ccccc2Cl)N1. The Labute approximate surface area is 99.7 Å². The zero-order valence-electron chi connectivity index (χ0n) is 9.07. The standard InChI is InChI=1S/C12H14ClNO2/c1-16-12(15)11-7-6-10(14-11)8-4-2-3-5-9(8)13/h2-5,10-11,14H,6-7H2,1H3. The molecule has 1 fully saturated rings. The Morgan fingerprint density at radius 1 is 1.44 bits per heavy atom. The summed E-state index contributed by atoms with van der Waals surface area (Å²) in [4.78, 5) is 11.4. The van der Waals surface area contributed by atoms with E-state index < -0.39 is 0 Å². The fourth-order valence-corrected chi connectivity index (χ4v) is 2.34. The molecule has 0 saturated carbocycles. The first-order valence-electron chi connectivity index (χ1n) is 5.30. The molecule has 1 heterocycles. The van der Waals surface area contributed by atoms with Gasteiger partial charge < -0.3 is 4.74 Å². The summed E-state index contributed by atoms with van der Waals surface area (Å²) in [7, 11) is 1.41. The van der Waals surface area contributed by atoms with E-state index in [2.05, 4.69) is 5.32 Å². The minimum Gasteiger partial charge on any atom is -0.468 e. The molecule has 1 aromatic rings. The summed E-state index contributed by atoms with van der Waals surface area (Å²) in [5.41, 5.74) is 1.05. The summed E-state index contributed by atoms with van der Waals surface area (Å²) in [6.45, 7) is 0. The molecular weight excluding hydrogens is 226 g/mol. The maximum atomic E-state index is 11.4. The van der Waals surface area contributed by atoms with Crippen LogP contribution in [0.4, 0.5) is 0 Å². The molecule has 0 bridgehead atoms. The molecule has 86 valence electrons. The Hall–Kier alpha value is -1.06. The van der Waals surface area contributed by atoms with E-state index in [1.54, 1.807) is 0 Å². The summed E-state index contributed by atoms with van der Waals surface area (Å²) in [6, 6.07) is 7.65. The second-order valence-corrected chi connectivity index (χ2v) is 4.30. The van der Waals surface area contributed by atoms with Crippen LogP contribution in [-0.4, -0.2) is 19.1 Å². The molecule has 1 aliphatic rings. The van der Waals surface area contributed by atoms with Crippen molar-refractivity contribution >= 4 is 17.6 Å². The Morgan fingerprint density at radius 2 is 2.19 bits per heavy atom. The van der Waals surface area contributed by atoms with Crippen LogP contribution < -0.4 is 5.32 Å². The maximum Gasteiger partial charge on any atom is 0.322 e. The number of methoxy groups -OCH3 is 1. The van der Waals surface area contributed by atoms with E-state index in [1.165, 1.54) is 7.11 Å². The molecule has 3 nitrogen and oxygen atoms in total. The van der Waals surface area contributed by atoms with Crippen LogP contribution in [0.15, 0.2) is 24.3 Å². The molecule has 0 amide bonds. The number of nitrogens with one attached hydrogen (secondary N) is 1. The molecule has 1 aliphatic heterocycles. The third-order valence-corrected chi connectivity index (χ3v) is 3.26. The second kappa shape index (κ2) is 4.85. The van der Waals surface area contributed by atoms with Gasteiger partial charge in [0.2, 0.25) is 0 Å². The van der Waals surface area contributed by atoms with Crippen molar-refractivity contribution in [2.45, 2.75) is 24.9 Å². The summed E-state index contributed by atoms with van der Waals surface area (Å²) in [6.07, 6.45) is 1.70. The van der Waals surface area contributed by atoms with Crippen LogP contribution in [-0.2, 0) is 9.53 Å². The number of esters is 1. The first-order valence-corrected chi connectivity index (χ1v) is 5.68. The van der Waals surface area contributed by atoms with Gasteiger partial charge in [0.25, 0.3) is 0 Å². The van der Waals surface area contributed by atoms with Gasteiger partial charge in [-0.25, -0.2) is 0 Å². The Morgan fingerprint density at radius 3 is 2.88 bits per heavy atom. The van der Waals surface area contributed by atoms with Crippen molar-refractivity contribution in [3.05, 3.63) is 34.9 Å². The van der Waals surface area contributed by atoms with Crippen LogP contribution >= 0.6 is 11.6 Å². The maximum absolute atomic E-state index is 11.4. The Kier molecular flexibility index (Phi) is 3.46. The summed E-state index contributed by atoms with van der Waals surface area (Å²) in [5.74, 6) is -0.199. The number of benzene rings is 1. The van der Waals surface area contributed by atoms with Crippen molar-refractivity contribution in [3.8, 4) is 0 Å². The highest BCUT2D eigenvalue weighted by Gasteiger charge is 2.31. The average molecular weight is 240 g/mol. The van der Waals surface area contributed by atoms with Gasteiger partial charge in [0.1, 0.15) is 6.04 Å². The van der Waals surface area contributed by atoms with E-state index in [9.17, 15) is 4.79 Å². The highest BCUT2D eigenvalue weighted by Crippen LogP contribution is 2.31. The molecule has 0 radical (unpaired) electrons. The lowest BCUT2D eigenvalue weighted by Crippen LogP contribution is -2.33. The van der Waals surface area contributed by atoms with Crippen molar-refractivity contribution in [2.24, 2.45) is 0 Å². The second-order valence-electron chi connectivity index (χ2n) is 3.89. The van der Waals surface area contributed by atoms with Crippen LogP contribution in [0.25, 0.3) is 0 Å². The van der Waals surface area contributed by atoms with E-state index in [1.807, 2.05) is 24.3 Å². The van der Waals surface area contributed by atoms with E-state index in [-0.39, 0.29) is 18.1 Å². The third kappa shape index (κ3) is 2.20. The minimum atomic E-state index is -0.203. The smallest absolute Gasteiger partial charge is 0.322 e. The van der Waals surface area contributed by atoms with E-state index >= 15 is 0 Å². The van der Waals surface area contributed by atoms with Crippen LogP contribution in [0, 0.1) is 0 Å². The van der Waals surface area contributed by atoms with Gasteiger partial charge in [0.15, 0.2) is 0 Å². The summed E-state index contributed by atoms with van der Waals surface area (Å²) >= 11 is 6.11. The zero-order chi connectivity index (χ0) is 11.5. The van der Waals surface area contributed by atoms with Crippen LogP contribution in [0.1, 0.15) is 24.4 Å². The zero-order valence-corrected chi connectivity index (χ0v) is 9.83. The molecule has 1 aromatic carbocycles. The number of rotatable bonds is 2. The molecule has 0 spiro atoms. The predicted octanol–water partition coefficient (Wildman–Crippen LogP) is 2.31. The highest BCUT2D eigenvalue weighted by atomic mass is 35.5. The van der Waals surface area contributed by atoms with E-state index in [0.717, 1.165) is 23.4 Å². The number of carbonyl (C=O) groups excluding carboxylic acids is 1. The van der Waals surface area contributed by atoms with E-state index in [4.69, 9.17) is 16.3 Å². The van der Waals surface area contributed by atoms with Crippen molar-refractivity contribution in [2.75, 3.05) is 7.11 Å². The van der Waals surface area contributed by atoms with Gasteiger partial charge >= 0.3 is 5.97 Å². The van der Waals surface area contributed by atoms with Gasteiger partial charge in [-0.05, 0) is 24.5 Å². The Balaban J connectivity index is 2.09. The number of ether oxygens (including phenoxy) is 1. The van der Waals surface area contributed by atoms with Crippen LogP contribution in [0.3, 0.4) is 0 Å². The molecule has 2 atom stereocenters. The summed E-state index contributed by atoms with van der Waals surface area (Å²) in [5, 5.41) is 3.98. The fourth-order valence-electron chi connectivity index (χ4n) is 2.07. The van der Waals surface area contributed by atoms with Gasteiger partial charge in [-0.2, -0.15) is 0 Å². The van der Waals surface area contributed by atoms with Crippen molar-refractivity contribution in [3.63, 3.8) is 0 Å². The van der Waals surface area contributed by atoms with Gasteiger partial charge in [0.05, 0.1) is 7.11 Å². The lowest BCUT2D eigenvalue weighted by molar-refractivity contribution is -0.142. The molecule has 1 saturated heterocycles. The van der Waals surface area contributed by atoms with Gasteiger partial charge in [0, 0.05) is 11.1 Å². The lowest BCUT2D eigenvalue weighted by Gasteiger charge is -2.14. The third-order valence-electron chi connectivity index (χ3n) is 2.91. The molecule has 1 N–H and O–H groups in total. The van der Waals surface area contributed by atoms with E-state index in [0.29, 0.717) is 0 Å². The van der Waals surface area contributed by atoms with Gasteiger partial charge in [-0.1, -0.05) is 29.8 Å². The first-order chi connectivity index (χ1) is 7.72. The molecule has 16 heavy (non-hydrogen) atoms. The fraction of sp³-hybridized carbons (Fsp3) is 0.417. The summed E-state index contributed by atoms with van der Waals surface area (Å²) < 4.78 is 4.71. The van der Waals surface area contributed by atoms with Gasteiger partial charge in [-0.3, -0.25) is 10.1 Å². The monoisotopic (exact) mass is 239 g/mol. The van der Waals surface area contributed by atoms with Gasteiger partial charge in [-0.15, -0.1) is 0 Å². The normalized spacial score (nSPS) is 24.4. The first kappa shape index (κ1) is 11.4. The molecule has 0 aliphatic carbocycles. The largest absolute Gasteiger partial charge is 0.468 e. The van der Waals surface area contributed by atoms with Crippen molar-refractivity contribution in [1.29, 1.82) is 0 Å². The van der Waals surface area contributed by atoms with Crippen LogP contribution in [0.5, 0.6) is 0 Å². The Bertz CT molecular complexity index is 394. The number of hydrogen-bond acceptors (Lipinski definition) is 3. The average Bonchev–Trinajstić information content (AvgIpc) is 2.78. The predicted molar refractivity (Wildman–Crippen MR) is 62.4 cm³/mol. The topological polar surface area (TPSA) is 38.3 Å². The molecule has 2 rings (SSSR count). The van der Waals surface area contributed by atoms with Crippen molar-refractivity contribution < 1.29 is 9.53 Å². The molecule has 2 unspecified atom stereocenters. The lowest BCUT2D eigenvalue weighted by atomic mass is 10.1. The molecule has 4 heteroatoms. The number of carbonyl (C=O) groups is 1. The van der Waals surface area contributed by atoms with Crippen molar-refractivity contribution in [1.82, 2.24) is 5.32 Å². The highest BCUT2D eigenvalue weighted by molar-refractivity contribution is 6.31. The quantitative estimate of drug-likeness (QED) is 0.805. The van der Waals surface area contributed by atoms with Crippen LogP contribution in [0.2, 0.25) is 5.02 Å². The number of halogens is 1. The molecular formula is C12H14ClNO2. The minimum absolute atomic E-state index is 0.151. The number of hydrogen-bond donors (Lipinski definition) is 1. The molecule has 0 aromatic heterocycles.